The molecule has 0 bridgehead atoms. The fourth-order valence-corrected chi connectivity index (χ4v) is 0.568. The van der Waals surface area contributed by atoms with Crippen molar-refractivity contribution in [1.82, 2.24) is 0 Å². The Kier molecular flexibility index (Phi) is 14.8. The van der Waals surface area contributed by atoms with Gasteiger partial charge in [0.2, 0.25) is 0 Å². The van der Waals surface area contributed by atoms with Gasteiger partial charge in [0.1, 0.15) is 0 Å². The zero-order valence-electron chi connectivity index (χ0n) is 8.43. The predicted molar refractivity (Wildman–Crippen MR) is 52.0 cm³/mol. The second kappa shape index (κ2) is 12.8. The standard InChI is InChI=1S/C7H14O2.C3H6/c1-3-4-5-6-9-7(2)8;1-3-2/h3-6H2,1-2H3;3H,1H2,2H3. The van der Waals surface area contributed by atoms with Crippen LogP contribution >= 0.6 is 0 Å². The van der Waals surface area contributed by atoms with Crippen molar-refractivity contribution in [2.24, 2.45) is 0 Å². The quantitative estimate of drug-likeness (QED) is 0.370. The molecule has 0 spiro atoms. The molecular formula is C10H20O2. The van der Waals surface area contributed by atoms with E-state index in [1.165, 1.54) is 13.3 Å². The van der Waals surface area contributed by atoms with Gasteiger partial charge < -0.3 is 4.74 Å². The Morgan fingerprint density at radius 2 is 2.00 bits per heavy atom. The lowest BCUT2D eigenvalue weighted by molar-refractivity contribution is -0.141. The van der Waals surface area contributed by atoms with Crippen LogP contribution in [0.25, 0.3) is 0 Å². The number of carbonyl (C=O) groups is 1. The molecule has 0 aromatic carbocycles. The van der Waals surface area contributed by atoms with E-state index in [0.717, 1.165) is 12.8 Å². The Bertz CT molecular complexity index is 108. The zero-order chi connectivity index (χ0) is 9.82. The first-order valence-corrected chi connectivity index (χ1v) is 4.39. The minimum absolute atomic E-state index is 0.175. The molecule has 0 N–H and O–H groups in total. The topological polar surface area (TPSA) is 26.3 Å². The van der Waals surface area contributed by atoms with Crippen molar-refractivity contribution in [3.8, 4) is 0 Å². The monoisotopic (exact) mass is 172 g/mol. The molecule has 0 heterocycles. The molecule has 0 saturated carbocycles. The average Bonchev–Trinajstić information content (AvgIpc) is 1.99. The van der Waals surface area contributed by atoms with E-state index in [4.69, 9.17) is 4.74 Å². The van der Waals surface area contributed by atoms with E-state index < -0.39 is 0 Å². The number of esters is 1. The van der Waals surface area contributed by atoms with Crippen molar-refractivity contribution < 1.29 is 9.53 Å². The highest BCUT2D eigenvalue weighted by Gasteiger charge is 1.89. The second-order valence-electron chi connectivity index (χ2n) is 2.46. The molecule has 2 nitrogen and oxygen atoms in total. The summed E-state index contributed by atoms with van der Waals surface area (Å²) in [5.74, 6) is -0.175. The van der Waals surface area contributed by atoms with Crippen LogP contribution in [0, 0.1) is 0 Å². The number of ether oxygens (including phenoxy) is 1. The van der Waals surface area contributed by atoms with Gasteiger partial charge >= 0.3 is 5.97 Å². The zero-order valence-corrected chi connectivity index (χ0v) is 8.43. The van der Waals surface area contributed by atoms with E-state index in [-0.39, 0.29) is 5.97 Å². The fourth-order valence-electron chi connectivity index (χ4n) is 0.568. The number of hydrogen-bond acceptors (Lipinski definition) is 2. The van der Waals surface area contributed by atoms with Gasteiger partial charge in [0, 0.05) is 6.92 Å². The van der Waals surface area contributed by atoms with E-state index in [0.29, 0.717) is 6.61 Å². The van der Waals surface area contributed by atoms with Crippen LogP contribution in [0.3, 0.4) is 0 Å². The van der Waals surface area contributed by atoms with E-state index in [1.807, 2.05) is 6.92 Å². The summed E-state index contributed by atoms with van der Waals surface area (Å²) in [4.78, 5) is 10.2. The molecule has 72 valence electrons. The Labute approximate surface area is 75.6 Å². The third kappa shape index (κ3) is 22.9. The van der Waals surface area contributed by atoms with Gasteiger partial charge in [-0.1, -0.05) is 25.8 Å². The molecule has 0 aliphatic rings. The van der Waals surface area contributed by atoms with Crippen LogP contribution in [-0.2, 0) is 9.53 Å². The van der Waals surface area contributed by atoms with Gasteiger partial charge in [-0.25, -0.2) is 0 Å². The Morgan fingerprint density at radius 3 is 2.33 bits per heavy atom. The molecule has 0 unspecified atom stereocenters. The number of hydrogen-bond donors (Lipinski definition) is 0. The van der Waals surface area contributed by atoms with Gasteiger partial charge in [0.15, 0.2) is 0 Å². The molecule has 0 aliphatic heterocycles. The summed E-state index contributed by atoms with van der Waals surface area (Å²) < 4.78 is 4.70. The average molecular weight is 172 g/mol. The first kappa shape index (κ1) is 13.8. The van der Waals surface area contributed by atoms with Crippen LogP contribution in [0.1, 0.15) is 40.0 Å². The third-order valence-electron chi connectivity index (χ3n) is 1.05. The molecular weight excluding hydrogens is 152 g/mol. The summed E-state index contributed by atoms with van der Waals surface area (Å²) in [5.41, 5.74) is 0. The number of allylic oxidation sites excluding steroid dienone is 1. The first-order valence-electron chi connectivity index (χ1n) is 4.39. The summed E-state index contributed by atoms with van der Waals surface area (Å²) in [6.45, 7) is 9.39. The molecule has 0 aromatic heterocycles. The molecule has 0 atom stereocenters. The van der Waals surface area contributed by atoms with Crippen LogP contribution in [0.15, 0.2) is 12.7 Å². The SMILES string of the molecule is C=CC.CCCCCOC(C)=O. The fraction of sp³-hybridized carbons (Fsp3) is 0.700. The Morgan fingerprint density at radius 1 is 1.50 bits per heavy atom. The smallest absolute Gasteiger partial charge is 0.302 e. The lowest BCUT2D eigenvalue weighted by atomic mass is 10.3. The molecule has 0 fully saturated rings. The highest BCUT2D eigenvalue weighted by molar-refractivity contribution is 5.65. The Hall–Kier alpha value is -0.790. The number of unbranched alkanes of at least 4 members (excludes halogenated alkanes) is 2. The van der Waals surface area contributed by atoms with Crippen LogP contribution < -0.4 is 0 Å². The minimum atomic E-state index is -0.175. The summed E-state index contributed by atoms with van der Waals surface area (Å²) in [5, 5.41) is 0. The highest BCUT2D eigenvalue weighted by Crippen LogP contribution is 1.93. The maximum atomic E-state index is 10.2. The summed E-state index contributed by atoms with van der Waals surface area (Å²) in [6, 6.07) is 0. The van der Waals surface area contributed by atoms with Crippen LogP contribution in [-0.4, -0.2) is 12.6 Å². The first-order chi connectivity index (χ1) is 5.68. The molecule has 0 saturated heterocycles. The normalized spacial score (nSPS) is 7.92. The van der Waals surface area contributed by atoms with Crippen molar-refractivity contribution in [3.63, 3.8) is 0 Å². The molecule has 0 rings (SSSR count). The van der Waals surface area contributed by atoms with Gasteiger partial charge in [0.25, 0.3) is 0 Å². The van der Waals surface area contributed by atoms with E-state index in [9.17, 15) is 4.79 Å². The van der Waals surface area contributed by atoms with E-state index in [2.05, 4.69) is 13.5 Å². The maximum absolute atomic E-state index is 10.2. The molecule has 0 amide bonds. The molecule has 0 radical (unpaired) electrons. The van der Waals surface area contributed by atoms with Crippen molar-refractivity contribution >= 4 is 5.97 Å². The van der Waals surface area contributed by atoms with Gasteiger partial charge in [0.05, 0.1) is 6.61 Å². The van der Waals surface area contributed by atoms with Crippen molar-refractivity contribution in [2.75, 3.05) is 6.61 Å². The second-order valence-corrected chi connectivity index (χ2v) is 2.46. The van der Waals surface area contributed by atoms with E-state index in [1.54, 1.807) is 6.08 Å². The summed E-state index contributed by atoms with van der Waals surface area (Å²) in [7, 11) is 0. The van der Waals surface area contributed by atoms with Crippen molar-refractivity contribution in [2.45, 2.75) is 40.0 Å². The highest BCUT2D eigenvalue weighted by atomic mass is 16.5. The third-order valence-corrected chi connectivity index (χ3v) is 1.05. The van der Waals surface area contributed by atoms with Crippen LogP contribution in [0.5, 0.6) is 0 Å². The molecule has 0 aromatic rings. The van der Waals surface area contributed by atoms with Crippen LogP contribution in [0.2, 0.25) is 0 Å². The lowest BCUT2D eigenvalue weighted by Gasteiger charge is -1.98. The van der Waals surface area contributed by atoms with Gasteiger partial charge in [-0.15, -0.1) is 6.58 Å². The number of rotatable bonds is 4. The van der Waals surface area contributed by atoms with Gasteiger partial charge in [-0.2, -0.15) is 0 Å². The van der Waals surface area contributed by atoms with Crippen molar-refractivity contribution in [3.05, 3.63) is 12.7 Å². The minimum Gasteiger partial charge on any atom is -0.466 e. The predicted octanol–water partition coefficient (Wildman–Crippen LogP) is 2.93. The maximum Gasteiger partial charge on any atom is 0.302 e. The lowest BCUT2D eigenvalue weighted by Crippen LogP contribution is -1.99. The van der Waals surface area contributed by atoms with Gasteiger partial charge in [-0.3, -0.25) is 4.79 Å². The summed E-state index contributed by atoms with van der Waals surface area (Å²) in [6.07, 6.45) is 5.06. The van der Waals surface area contributed by atoms with Gasteiger partial charge in [-0.05, 0) is 13.3 Å². The molecule has 12 heavy (non-hydrogen) atoms. The van der Waals surface area contributed by atoms with Crippen molar-refractivity contribution in [1.29, 1.82) is 0 Å². The number of carbonyl (C=O) groups excluding carboxylic acids is 1. The van der Waals surface area contributed by atoms with Crippen LogP contribution in [0.4, 0.5) is 0 Å². The van der Waals surface area contributed by atoms with E-state index >= 15 is 0 Å². The molecule has 2 heteroatoms. The Balaban J connectivity index is 0. The largest absolute Gasteiger partial charge is 0.466 e. The molecule has 0 aliphatic carbocycles. The summed E-state index contributed by atoms with van der Waals surface area (Å²) >= 11 is 0.